The van der Waals surface area contributed by atoms with Crippen molar-refractivity contribution in [3.05, 3.63) is 55.0 Å². The van der Waals surface area contributed by atoms with Gasteiger partial charge in [0.05, 0.1) is 43.3 Å². The van der Waals surface area contributed by atoms with Crippen LogP contribution in [0.4, 0.5) is 20.2 Å². The molecule has 9 nitrogen and oxygen atoms in total. The molecule has 0 bridgehead atoms. The number of methoxy groups -OCH3 is 2. The van der Waals surface area contributed by atoms with Crippen molar-refractivity contribution in [1.82, 2.24) is 25.1 Å². The van der Waals surface area contributed by atoms with Crippen molar-refractivity contribution in [3.63, 3.8) is 0 Å². The molecule has 0 aliphatic carbocycles. The van der Waals surface area contributed by atoms with Gasteiger partial charge in [-0.1, -0.05) is 0 Å². The van der Waals surface area contributed by atoms with Gasteiger partial charge in [0, 0.05) is 68.4 Å². The van der Waals surface area contributed by atoms with Gasteiger partial charge in [0.1, 0.15) is 11.5 Å². The van der Waals surface area contributed by atoms with E-state index in [9.17, 15) is 13.6 Å². The van der Waals surface area contributed by atoms with E-state index in [0.717, 1.165) is 22.5 Å². The summed E-state index contributed by atoms with van der Waals surface area (Å²) in [4.78, 5) is 22.9. The minimum Gasteiger partial charge on any atom is -0.497 e. The predicted molar refractivity (Wildman–Crippen MR) is 137 cm³/mol. The van der Waals surface area contributed by atoms with Crippen LogP contribution in [-0.2, 0) is 11.8 Å². The minimum atomic E-state index is -3.43. The number of carbonyl (C=O) groups excluding carboxylic acids is 1. The van der Waals surface area contributed by atoms with E-state index < -0.39 is 11.8 Å². The average Bonchev–Trinajstić information content (AvgIpc) is 3.33. The molecule has 2 heterocycles. The number of hydrogen-bond acceptors (Lipinski definition) is 7. The van der Waals surface area contributed by atoms with Gasteiger partial charge in [0.15, 0.2) is 0 Å². The fourth-order valence-electron chi connectivity index (χ4n) is 3.81. The first kappa shape index (κ1) is 25.8. The lowest BCUT2D eigenvalue weighted by atomic mass is 10.1. The molecule has 4 aromatic rings. The number of aryl methyl sites for hydroxylation is 1. The van der Waals surface area contributed by atoms with Crippen LogP contribution in [0.1, 0.15) is 13.3 Å². The van der Waals surface area contributed by atoms with Crippen molar-refractivity contribution in [2.24, 2.45) is 7.05 Å². The van der Waals surface area contributed by atoms with Crippen LogP contribution in [0, 0.1) is 0 Å². The molecule has 0 saturated carbocycles. The minimum absolute atomic E-state index is 0.0818. The number of aromatic nitrogens is 4. The molecule has 0 saturated heterocycles. The molecule has 2 aromatic carbocycles. The van der Waals surface area contributed by atoms with Gasteiger partial charge in [-0.25, -0.2) is 4.98 Å². The van der Waals surface area contributed by atoms with Crippen molar-refractivity contribution in [1.29, 1.82) is 0 Å². The Morgan fingerprint density at radius 3 is 2.41 bits per heavy atom. The van der Waals surface area contributed by atoms with Gasteiger partial charge in [0.2, 0.25) is 0 Å². The van der Waals surface area contributed by atoms with Crippen LogP contribution in [0.3, 0.4) is 0 Å². The van der Waals surface area contributed by atoms with Crippen molar-refractivity contribution in [3.8, 4) is 22.8 Å². The van der Waals surface area contributed by atoms with E-state index in [-0.39, 0.29) is 6.54 Å². The van der Waals surface area contributed by atoms with Crippen LogP contribution >= 0.6 is 0 Å². The fourth-order valence-corrected chi connectivity index (χ4v) is 3.81. The number of halogens is 2. The molecule has 0 unspecified atom stereocenters. The third kappa shape index (κ3) is 6.11. The summed E-state index contributed by atoms with van der Waals surface area (Å²) in [5.41, 5.74) is 4.50. The van der Waals surface area contributed by atoms with E-state index in [1.54, 1.807) is 37.4 Å². The average molecular weight is 511 g/mol. The summed E-state index contributed by atoms with van der Waals surface area (Å²) in [5.74, 6) is -3.54. The Morgan fingerprint density at radius 1 is 1.05 bits per heavy atom. The Bertz CT molecular complexity index is 1380. The van der Waals surface area contributed by atoms with E-state index in [0.29, 0.717) is 42.6 Å². The first-order chi connectivity index (χ1) is 17.7. The molecular formula is C26H28F2N6O3. The number of ether oxygens (including phenoxy) is 2. The van der Waals surface area contributed by atoms with Crippen LogP contribution in [0.2, 0.25) is 0 Å². The second kappa shape index (κ2) is 10.8. The van der Waals surface area contributed by atoms with Gasteiger partial charge in [-0.05, 0) is 24.6 Å². The maximum atomic E-state index is 13.2. The lowest BCUT2D eigenvalue weighted by molar-refractivity contribution is -0.142. The SMILES string of the molecule is COc1cc(OC)cc(N(CCCNC(=O)C(C)(F)F)c2ccc3ncc(-c4cnn(C)c4)nc3c2)c1. The second-order valence-corrected chi connectivity index (χ2v) is 8.55. The molecule has 37 heavy (non-hydrogen) atoms. The molecule has 4 rings (SSSR count). The molecule has 0 atom stereocenters. The van der Waals surface area contributed by atoms with Crippen LogP contribution in [0.5, 0.6) is 11.5 Å². The van der Waals surface area contributed by atoms with Crippen LogP contribution in [0.25, 0.3) is 22.3 Å². The van der Waals surface area contributed by atoms with Crippen molar-refractivity contribution in [2.75, 3.05) is 32.2 Å². The largest absolute Gasteiger partial charge is 0.497 e. The number of benzene rings is 2. The number of hydrogen-bond donors (Lipinski definition) is 1. The molecule has 194 valence electrons. The van der Waals surface area contributed by atoms with E-state index in [2.05, 4.69) is 15.4 Å². The molecule has 0 aliphatic rings. The number of fused-ring (bicyclic) bond motifs is 1. The zero-order valence-corrected chi connectivity index (χ0v) is 21.0. The van der Waals surface area contributed by atoms with Crippen LogP contribution in [0.15, 0.2) is 55.0 Å². The molecule has 0 aliphatic heterocycles. The summed E-state index contributed by atoms with van der Waals surface area (Å²) < 4.78 is 39.0. The number of nitrogens with one attached hydrogen (secondary N) is 1. The van der Waals surface area contributed by atoms with Gasteiger partial charge in [-0.15, -0.1) is 0 Å². The van der Waals surface area contributed by atoms with Crippen LogP contribution in [-0.4, -0.2) is 58.9 Å². The van der Waals surface area contributed by atoms with Crippen molar-refractivity contribution >= 4 is 28.3 Å². The van der Waals surface area contributed by atoms with Gasteiger partial charge < -0.3 is 19.7 Å². The highest BCUT2D eigenvalue weighted by Gasteiger charge is 2.31. The molecule has 2 aromatic heterocycles. The Balaban J connectivity index is 1.68. The zero-order valence-electron chi connectivity index (χ0n) is 21.0. The summed E-state index contributed by atoms with van der Waals surface area (Å²) in [5, 5.41) is 6.49. The highest BCUT2D eigenvalue weighted by molar-refractivity contribution is 5.83. The number of anilines is 2. The maximum Gasteiger partial charge on any atom is 0.321 e. The summed E-state index contributed by atoms with van der Waals surface area (Å²) in [6.07, 6.45) is 5.70. The van der Waals surface area contributed by atoms with Crippen molar-refractivity contribution in [2.45, 2.75) is 19.3 Å². The molecule has 0 spiro atoms. The smallest absolute Gasteiger partial charge is 0.321 e. The molecule has 1 N–H and O–H groups in total. The Hall–Kier alpha value is -4.28. The lowest BCUT2D eigenvalue weighted by Gasteiger charge is -2.26. The standard InChI is InChI=1S/C26H28F2N6O3/c1-26(27,28)25(35)29-8-5-9-34(19-10-20(36-3)13-21(11-19)37-4)18-6-7-22-23(12-18)32-24(15-30-22)17-14-31-33(2)16-17/h6-7,10-16H,5,8-9H2,1-4H3,(H,29,35). The Morgan fingerprint density at radius 2 is 1.78 bits per heavy atom. The Labute approximate surface area is 213 Å². The highest BCUT2D eigenvalue weighted by atomic mass is 19.3. The van der Waals surface area contributed by atoms with Gasteiger partial charge in [-0.3, -0.25) is 14.5 Å². The molecule has 1 amide bonds. The number of alkyl halides is 2. The molecule has 11 heteroatoms. The second-order valence-electron chi connectivity index (χ2n) is 8.55. The predicted octanol–water partition coefficient (Wildman–Crippen LogP) is 4.35. The van der Waals surface area contributed by atoms with E-state index >= 15 is 0 Å². The monoisotopic (exact) mass is 510 g/mol. The maximum absolute atomic E-state index is 13.2. The summed E-state index contributed by atoms with van der Waals surface area (Å²) >= 11 is 0. The highest BCUT2D eigenvalue weighted by Crippen LogP contribution is 2.34. The summed E-state index contributed by atoms with van der Waals surface area (Å²) in [6, 6.07) is 11.1. The van der Waals surface area contributed by atoms with E-state index in [1.165, 1.54) is 0 Å². The number of rotatable bonds is 10. The molecular weight excluding hydrogens is 482 g/mol. The van der Waals surface area contributed by atoms with Gasteiger partial charge in [-0.2, -0.15) is 13.9 Å². The van der Waals surface area contributed by atoms with Gasteiger partial charge >= 0.3 is 5.92 Å². The quantitative estimate of drug-likeness (QED) is 0.317. The molecule has 0 fully saturated rings. The van der Waals surface area contributed by atoms with Gasteiger partial charge in [0.25, 0.3) is 5.91 Å². The fraction of sp³-hybridized carbons (Fsp3) is 0.308. The lowest BCUT2D eigenvalue weighted by Crippen LogP contribution is -2.38. The van der Waals surface area contributed by atoms with Crippen LogP contribution < -0.4 is 19.7 Å². The normalized spacial score (nSPS) is 11.4. The molecule has 0 radical (unpaired) electrons. The van der Waals surface area contributed by atoms with Crippen molar-refractivity contribution < 1.29 is 23.0 Å². The summed E-state index contributed by atoms with van der Waals surface area (Å²) in [7, 11) is 4.96. The number of amides is 1. The first-order valence-electron chi connectivity index (χ1n) is 11.6. The van der Waals surface area contributed by atoms with E-state index in [4.69, 9.17) is 14.5 Å². The topological polar surface area (TPSA) is 94.4 Å². The third-order valence-corrected chi connectivity index (χ3v) is 5.73. The third-order valence-electron chi connectivity index (χ3n) is 5.73. The number of carbonyl (C=O) groups is 1. The summed E-state index contributed by atoms with van der Waals surface area (Å²) in [6.45, 7) is 1.07. The van der Waals surface area contributed by atoms with E-state index in [1.807, 2.05) is 48.5 Å². The number of nitrogens with zero attached hydrogens (tertiary/aromatic N) is 5. The first-order valence-corrected chi connectivity index (χ1v) is 11.6. The Kier molecular flexibility index (Phi) is 7.51. The zero-order chi connectivity index (χ0) is 26.6.